The second kappa shape index (κ2) is 7.35. The minimum absolute atomic E-state index is 1.01. The van der Waals surface area contributed by atoms with E-state index in [1.807, 2.05) is 0 Å². The molecule has 0 aromatic heterocycles. The molecule has 0 heterocycles. The van der Waals surface area contributed by atoms with Crippen LogP contribution >= 0.6 is 0 Å². The minimum atomic E-state index is 1.01. The van der Waals surface area contributed by atoms with Gasteiger partial charge in [0.2, 0.25) is 0 Å². The first kappa shape index (κ1) is 16.3. The largest absolute Gasteiger partial charge is 0.384 e. The summed E-state index contributed by atoms with van der Waals surface area (Å²) in [5.74, 6) is 0. The summed E-state index contributed by atoms with van der Waals surface area (Å²) in [5, 5.41) is 6.46. The number of likely N-dealkylation sites (N-methyl/N-ethyl adjacent to an activating group) is 1. The van der Waals surface area contributed by atoms with E-state index in [-0.39, 0.29) is 0 Å². The zero-order valence-electron chi connectivity index (χ0n) is 14.9. The van der Waals surface area contributed by atoms with Crippen molar-refractivity contribution in [2.45, 2.75) is 46.5 Å². The van der Waals surface area contributed by atoms with Gasteiger partial charge in [0.25, 0.3) is 0 Å². The van der Waals surface area contributed by atoms with Crippen LogP contribution in [-0.2, 0) is 12.8 Å². The second-order valence-electron chi connectivity index (χ2n) is 6.75. The van der Waals surface area contributed by atoms with E-state index in [1.54, 1.807) is 11.1 Å². The van der Waals surface area contributed by atoms with Crippen LogP contribution in [0.1, 0.15) is 43.4 Å². The van der Waals surface area contributed by atoms with E-state index in [0.717, 1.165) is 26.2 Å². The van der Waals surface area contributed by atoms with E-state index in [2.05, 4.69) is 55.3 Å². The average Bonchev–Trinajstić information content (AvgIpc) is 2.59. The Balaban J connectivity index is 1.79. The summed E-state index contributed by atoms with van der Waals surface area (Å²) in [4.78, 5) is 2.45. The molecule has 2 aromatic carbocycles. The van der Waals surface area contributed by atoms with Crippen molar-refractivity contribution < 1.29 is 0 Å². The summed E-state index contributed by atoms with van der Waals surface area (Å²) in [6.45, 7) is 11.1. The first-order valence-electron chi connectivity index (χ1n) is 9.24. The van der Waals surface area contributed by atoms with Crippen LogP contribution < -0.4 is 5.32 Å². The standard InChI is InChI=1S/C21H30N2/c1-4-23(5-2)13-12-22-18-10-11-20-17(15-18)14-16(3)19-8-6-7-9-21(19)20/h10-11,14-15,22H,4-9,12-13H2,1-3H3. The molecular weight excluding hydrogens is 280 g/mol. The van der Waals surface area contributed by atoms with Crippen molar-refractivity contribution in [1.82, 2.24) is 4.90 Å². The van der Waals surface area contributed by atoms with Crippen LogP contribution in [0.3, 0.4) is 0 Å². The molecule has 0 aliphatic heterocycles. The van der Waals surface area contributed by atoms with E-state index in [9.17, 15) is 0 Å². The Hall–Kier alpha value is -1.54. The lowest BCUT2D eigenvalue weighted by molar-refractivity contribution is 0.316. The highest BCUT2D eigenvalue weighted by Gasteiger charge is 2.15. The Labute approximate surface area is 140 Å². The van der Waals surface area contributed by atoms with Crippen LogP contribution in [0.25, 0.3) is 10.8 Å². The zero-order chi connectivity index (χ0) is 16.2. The van der Waals surface area contributed by atoms with Gasteiger partial charge in [0, 0.05) is 18.8 Å². The molecule has 0 radical (unpaired) electrons. The summed E-state index contributed by atoms with van der Waals surface area (Å²) < 4.78 is 0. The van der Waals surface area contributed by atoms with Crippen LogP contribution in [0, 0.1) is 6.92 Å². The molecule has 0 saturated carbocycles. The molecule has 0 spiro atoms. The Bertz CT molecular complexity index is 671. The Morgan fingerprint density at radius 3 is 2.48 bits per heavy atom. The molecule has 0 saturated heterocycles. The van der Waals surface area contributed by atoms with Crippen molar-refractivity contribution in [3.63, 3.8) is 0 Å². The lowest BCUT2D eigenvalue weighted by atomic mass is 9.85. The highest BCUT2D eigenvalue weighted by molar-refractivity contribution is 5.90. The molecule has 23 heavy (non-hydrogen) atoms. The second-order valence-corrected chi connectivity index (χ2v) is 6.75. The van der Waals surface area contributed by atoms with Gasteiger partial charge in [-0.25, -0.2) is 0 Å². The molecule has 0 fully saturated rings. The predicted molar refractivity (Wildman–Crippen MR) is 102 cm³/mol. The van der Waals surface area contributed by atoms with Crippen molar-refractivity contribution in [2.75, 3.05) is 31.5 Å². The fourth-order valence-electron chi connectivity index (χ4n) is 3.92. The maximum Gasteiger partial charge on any atom is 0.0347 e. The Kier molecular flexibility index (Phi) is 5.22. The molecule has 0 bridgehead atoms. The molecular formula is C21H30N2. The zero-order valence-corrected chi connectivity index (χ0v) is 14.9. The van der Waals surface area contributed by atoms with Crippen LogP contribution in [0.4, 0.5) is 5.69 Å². The maximum absolute atomic E-state index is 3.59. The number of rotatable bonds is 6. The first-order chi connectivity index (χ1) is 11.2. The molecule has 0 amide bonds. The van der Waals surface area contributed by atoms with Crippen molar-refractivity contribution in [3.05, 3.63) is 41.0 Å². The molecule has 2 aromatic rings. The third kappa shape index (κ3) is 3.53. The predicted octanol–water partition coefficient (Wildman–Crippen LogP) is 4.78. The van der Waals surface area contributed by atoms with Crippen molar-refractivity contribution >= 4 is 16.5 Å². The summed E-state index contributed by atoms with van der Waals surface area (Å²) in [5.41, 5.74) is 5.96. The van der Waals surface area contributed by atoms with Gasteiger partial charge in [-0.1, -0.05) is 26.0 Å². The lowest BCUT2D eigenvalue weighted by Gasteiger charge is -2.21. The van der Waals surface area contributed by atoms with Gasteiger partial charge < -0.3 is 10.2 Å². The van der Waals surface area contributed by atoms with Crippen molar-refractivity contribution in [2.24, 2.45) is 0 Å². The Morgan fingerprint density at radius 1 is 1.00 bits per heavy atom. The molecule has 2 nitrogen and oxygen atoms in total. The number of benzene rings is 2. The lowest BCUT2D eigenvalue weighted by Crippen LogP contribution is -2.28. The normalized spacial score (nSPS) is 14.3. The molecule has 0 atom stereocenters. The molecule has 124 valence electrons. The number of anilines is 1. The van der Waals surface area contributed by atoms with Gasteiger partial charge in [-0.15, -0.1) is 0 Å². The van der Waals surface area contributed by atoms with Gasteiger partial charge in [0.1, 0.15) is 0 Å². The average molecular weight is 310 g/mol. The summed E-state index contributed by atoms with van der Waals surface area (Å²) in [6, 6.07) is 9.31. The number of aryl methyl sites for hydroxylation is 2. The molecule has 1 N–H and O–H groups in total. The van der Waals surface area contributed by atoms with Crippen LogP contribution in [-0.4, -0.2) is 31.1 Å². The van der Waals surface area contributed by atoms with E-state index < -0.39 is 0 Å². The summed E-state index contributed by atoms with van der Waals surface area (Å²) in [7, 11) is 0. The van der Waals surface area contributed by atoms with E-state index in [0.29, 0.717) is 0 Å². The van der Waals surface area contributed by atoms with Gasteiger partial charge in [0.05, 0.1) is 0 Å². The third-order valence-corrected chi connectivity index (χ3v) is 5.34. The summed E-state index contributed by atoms with van der Waals surface area (Å²) >= 11 is 0. The highest BCUT2D eigenvalue weighted by atomic mass is 15.1. The SMILES string of the molecule is CCN(CC)CCNc1ccc2c3c(c(C)cc2c1)CCCC3. The third-order valence-electron chi connectivity index (χ3n) is 5.34. The topological polar surface area (TPSA) is 15.3 Å². The monoisotopic (exact) mass is 310 g/mol. The van der Waals surface area contributed by atoms with Crippen molar-refractivity contribution in [1.29, 1.82) is 0 Å². The van der Waals surface area contributed by atoms with Gasteiger partial charge in [-0.05, 0) is 85.3 Å². The van der Waals surface area contributed by atoms with E-state index >= 15 is 0 Å². The molecule has 3 rings (SSSR count). The van der Waals surface area contributed by atoms with Gasteiger partial charge in [-0.3, -0.25) is 0 Å². The quantitative estimate of drug-likeness (QED) is 0.826. The van der Waals surface area contributed by atoms with E-state index in [4.69, 9.17) is 0 Å². The van der Waals surface area contributed by atoms with Crippen molar-refractivity contribution in [3.8, 4) is 0 Å². The van der Waals surface area contributed by atoms with E-state index in [1.165, 1.54) is 47.7 Å². The number of nitrogens with one attached hydrogen (secondary N) is 1. The Morgan fingerprint density at radius 2 is 1.74 bits per heavy atom. The van der Waals surface area contributed by atoms with Gasteiger partial charge >= 0.3 is 0 Å². The van der Waals surface area contributed by atoms with Crippen LogP contribution in [0.5, 0.6) is 0 Å². The molecule has 2 heteroatoms. The highest BCUT2D eigenvalue weighted by Crippen LogP contribution is 2.32. The van der Waals surface area contributed by atoms with Gasteiger partial charge in [-0.2, -0.15) is 0 Å². The fraction of sp³-hybridized carbons (Fsp3) is 0.524. The maximum atomic E-state index is 3.59. The number of hydrogen-bond donors (Lipinski definition) is 1. The number of fused-ring (bicyclic) bond motifs is 3. The number of nitrogens with zero attached hydrogens (tertiary/aromatic N) is 1. The molecule has 1 aliphatic carbocycles. The number of hydrogen-bond acceptors (Lipinski definition) is 2. The smallest absolute Gasteiger partial charge is 0.0347 e. The van der Waals surface area contributed by atoms with Crippen LogP contribution in [0.15, 0.2) is 24.3 Å². The minimum Gasteiger partial charge on any atom is -0.384 e. The van der Waals surface area contributed by atoms with Gasteiger partial charge in [0.15, 0.2) is 0 Å². The fourth-order valence-corrected chi connectivity index (χ4v) is 3.92. The first-order valence-corrected chi connectivity index (χ1v) is 9.24. The summed E-state index contributed by atoms with van der Waals surface area (Å²) in [6.07, 6.45) is 5.21. The van der Waals surface area contributed by atoms with Crippen LogP contribution in [0.2, 0.25) is 0 Å². The molecule has 0 unspecified atom stereocenters. The molecule has 1 aliphatic rings.